The van der Waals surface area contributed by atoms with E-state index in [0.29, 0.717) is 13.1 Å². The van der Waals surface area contributed by atoms with Gasteiger partial charge >= 0.3 is 0 Å². The molecule has 3 N–H and O–H groups in total. The van der Waals surface area contributed by atoms with Gasteiger partial charge in [0, 0.05) is 12.1 Å². The Morgan fingerprint density at radius 2 is 2.15 bits per heavy atom. The number of nitrogens with two attached hydrogens (primary N) is 1. The van der Waals surface area contributed by atoms with Gasteiger partial charge < -0.3 is 11.1 Å². The van der Waals surface area contributed by atoms with Crippen molar-refractivity contribution in [1.82, 2.24) is 5.32 Å². The van der Waals surface area contributed by atoms with Crippen LogP contribution in [0.4, 0.5) is 0 Å². The molecular weight excluding hydrogens is 160 g/mol. The first-order chi connectivity index (χ1) is 6.38. The third-order valence-corrected chi connectivity index (χ3v) is 1.73. The van der Waals surface area contributed by atoms with Gasteiger partial charge in [-0.2, -0.15) is 0 Å². The summed E-state index contributed by atoms with van der Waals surface area (Å²) < 4.78 is 0. The second-order valence-electron chi connectivity index (χ2n) is 2.69. The van der Waals surface area contributed by atoms with Crippen LogP contribution in [0.1, 0.15) is 11.1 Å². The lowest BCUT2D eigenvalue weighted by Gasteiger charge is -1.98. The van der Waals surface area contributed by atoms with Crippen molar-refractivity contribution >= 4 is 0 Å². The van der Waals surface area contributed by atoms with Crippen LogP contribution in [0.5, 0.6) is 0 Å². The zero-order valence-electron chi connectivity index (χ0n) is 7.80. The first kappa shape index (κ1) is 9.79. The molecule has 0 fully saturated rings. The Balaban J connectivity index is 2.82. The molecule has 1 aromatic carbocycles. The zero-order chi connectivity index (χ0) is 9.52. The first-order valence-electron chi connectivity index (χ1n) is 4.30. The van der Waals surface area contributed by atoms with Gasteiger partial charge in [0.2, 0.25) is 0 Å². The summed E-state index contributed by atoms with van der Waals surface area (Å²) in [7, 11) is 1.88. The molecule has 0 aliphatic rings. The molecule has 0 saturated carbocycles. The molecule has 0 aliphatic carbocycles. The van der Waals surface area contributed by atoms with Gasteiger partial charge in [0.1, 0.15) is 0 Å². The molecule has 0 atom stereocenters. The van der Waals surface area contributed by atoms with Crippen molar-refractivity contribution in [1.29, 1.82) is 0 Å². The molecular formula is C11H14N2. The van der Waals surface area contributed by atoms with Crippen molar-refractivity contribution in [2.24, 2.45) is 5.73 Å². The van der Waals surface area contributed by atoms with Gasteiger partial charge in [-0.15, -0.1) is 0 Å². The molecule has 0 radical (unpaired) electrons. The van der Waals surface area contributed by atoms with E-state index in [4.69, 9.17) is 5.73 Å². The van der Waals surface area contributed by atoms with E-state index in [-0.39, 0.29) is 0 Å². The van der Waals surface area contributed by atoms with Crippen LogP contribution in [0.15, 0.2) is 24.3 Å². The number of benzene rings is 1. The minimum atomic E-state index is 0.546. The third-order valence-electron chi connectivity index (χ3n) is 1.73. The fraction of sp³-hybridized carbons (Fsp3) is 0.273. The predicted octanol–water partition coefficient (Wildman–Crippen LogP) is 0.716. The highest BCUT2D eigenvalue weighted by Crippen LogP contribution is 2.05. The Morgan fingerprint density at radius 3 is 2.85 bits per heavy atom. The summed E-state index contributed by atoms with van der Waals surface area (Å²) in [6, 6.07) is 7.95. The molecule has 0 bridgehead atoms. The van der Waals surface area contributed by atoms with E-state index in [9.17, 15) is 0 Å². The van der Waals surface area contributed by atoms with Gasteiger partial charge in [0.05, 0.1) is 6.54 Å². The smallest absolute Gasteiger partial charge is 0.0577 e. The highest BCUT2D eigenvalue weighted by atomic mass is 14.8. The van der Waals surface area contributed by atoms with Crippen molar-refractivity contribution < 1.29 is 0 Å². The van der Waals surface area contributed by atoms with Crippen LogP contribution in [0.25, 0.3) is 0 Å². The summed E-state index contributed by atoms with van der Waals surface area (Å²) in [6.07, 6.45) is 0. The maximum Gasteiger partial charge on any atom is 0.0577 e. The number of nitrogens with one attached hydrogen (secondary N) is 1. The van der Waals surface area contributed by atoms with Gasteiger partial charge in [-0.25, -0.2) is 0 Å². The van der Waals surface area contributed by atoms with E-state index in [1.54, 1.807) is 0 Å². The normalized spacial score (nSPS) is 9.08. The molecule has 1 rings (SSSR count). The quantitative estimate of drug-likeness (QED) is 0.648. The number of rotatable bonds is 2. The van der Waals surface area contributed by atoms with Gasteiger partial charge in [0.25, 0.3) is 0 Å². The maximum absolute atomic E-state index is 5.57. The molecule has 0 heterocycles. The monoisotopic (exact) mass is 174 g/mol. The lowest BCUT2D eigenvalue weighted by atomic mass is 10.1. The molecule has 0 aromatic heterocycles. The lowest BCUT2D eigenvalue weighted by Crippen LogP contribution is -2.04. The fourth-order valence-corrected chi connectivity index (χ4v) is 1.05. The summed E-state index contributed by atoms with van der Waals surface area (Å²) in [5.74, 6) is 6.08. The molecule has 1 aromatic rings. The number of hydrogen-bond acceptors (Lipinski definition) is 2. The summed E-state index contributed by atoms with van der Waals surface area (Å²) >= 11 is 0. The van der Waals surface area contributed by atoms with Crippen LogP contribution < -0.4 is 11.1 Å². The van der Waals surface area contributed by atoms with Gasteiger partial charge in [-0.1, -0.05) is 30.0 Å². The maximum atomic E-state index is 5.57. The summed E-state index contributed by atoms with van der Waals surface area (Å²) in [5, 5.41) is 2.97. The van der Waals surface area contributed by atoms with Crippen LogP contribution in [0.2, 0.25) is 0 Å². The Bertz CT molecular complexity index is 320. The van der Waals surface area contributed by atoms with Gasteiger partial charge in [-0.05, 0) is 18.7 Å². The van der Waals surface area contributed by atoms with Crippen LogP contribution in [0, 0.1) is 11.8 Å². The summed E-state index contributed by atoms with van der Waals surface area (Å²) in [5.41, 5.74) is 7.70. The van der Waals surface area contributed by atoms with Crippen LogP contribution in [-0.4, -0.2) is 13.6 Å². The highest BCUT2D eigenvalue weighted by Gasteiger charge is 1.93. The van der Waals surface area contributed by atoms with Gasteiger partial charge in [-0.3, -0.25) is 0 Å². The molecule has 0 saturated heterocycles. The van der Waals surface area contributed by atoms with E-state index in [1.165, 1.54) is 0 Å². The number of hydrogen-bond donors (Lipinski definition) is 2. The Morgan fingerprint density at radius 1 is 1.38 bits per heavy atom. The molecule has 0 aliphatic heterocycles. The molecule has 2 nitrogen and oxygen atoms in total. The molecule has 0 amide bonds. The fourth-order valence-electron chi connectivity index (χ4n) is 1.05. The predicted molar refractivity (Wildman–Crippen MR) is 55.1 cm³/mol. The third kappa shape index (κ3) is 2.90. The molecule has 13 heavy (non-hydrogen) atoms. The molecule has 0 unspecified atom stereocenters. The standard InChI is InChI=1S/C11H14N2/c1-13-8-4-7-10-5-2-3-6-11(10)9-12/h2-3,5-6,13H,8-9,12H2,1H3. The van der Waals surface area contributed by atoms with E-state index >= 15 is 0 Å². The van der Waals surface area contributed by atoms with Crippen LogP contribution in [0.3, 0.4) is 0 Å². The van der Waals surface area contributed by atoms with Crippen molar-refractivity contribution in [3.8, 4) is 11.8 Å². The SMILES string of the molecule is CNCC#Cc1ccccc1CN. The zero-order valence-corrected chi connectivity index (χ0v) is 7.80. The van der Waals surface area contributed by atoms with E-state index in [1.807, 2.05) is 31.3 Å². The average molecular weight is 174 g/mol. The minimum absolute atomic E-state index is 0.546. The molecule has 2 heteroatoms. The van der Waals surface area contributed by atoms with E-state index < -0.39 is 0 Å². The lowest BCUT2D eigenvalue weighted by molar-refractivity contribution is 0.938. The molecule has 68 valence electrons. The van der Waals surface area contributed by atoms with Gasteiger partial charge in [0.15, 0.2) is 0 Å². The van der Waals surface area contributed by atoms with Crippen LogP contribution in [-0.2, 0) is 6.54 Å². The average Bonchev–Trinajstić information content (AvgIpc) is 2.19. The minimum Gasteiger partial charge on any atom is -0.326 e. The Kier molecular flexibility index (Phi) is 4.04. The first-order valence-corrected chi connectivity index (χ1v) is 4.30. The topological polar surface area (TPSA) is 38.0 Å². The second-order valence-corrected chi connectivity index (χ2v) is 2.69. The van der Waals surface area contributed by atoms with Crippen molar-refractivity contribution in [3.63, 3.8) is 0 Å². The van der Waals surface area contributed by atoms with Crippen LogP contribution >= 0.6 is 0 Å². The Hall–Kier alpha value is -1.30. The summed E-state index contributed by atoms with van der Waals surface area (Å²) in [4.78, 5) is 0. The van der Waals surface area contributed by atoms with E-state index in [2.05, 4.69) is 17.2 Å². The second kappa shape index (κ2) is 5.36. The van der Waals surface area contributed by atoms with Crippen molar-refractivity contribution in [3.05, 3.63) is 35.4 Å². The van der Waals surface area contributed by atoms with Crippen molar-refractivity contribution in [2.45, 2.75) is 6.54 Å². The largest absolute Gasteiger partial charge is 0.326 e. The van der Waals surface area contributed by atoms with Crippen molar-refractivity contribution in [2.75, 3.05) is 13.6 Å². The Labute approximate surface area is 79.1 Å². The highest BCUT2D eigenvalue weighted by molar-refractivity contribution is 5.41. The van der Waals surface area contributed by atoms with E-state index in [0.717, 1.165) is 11.1 Å². The molecule has 0 spiro atoms. The summed E-state index contributed by atoms with van der Waals surface area (Å²) in [6.45, 7) is 1.25.